The SMILES string of the molecule is Cc1ccccc1CNC(=O)c1cncc(NCc2ccco2)c1. The van der Waals surface area contributed by atoms with Crippen LogP contribution in [0.2, 0.25) is 0 Å². The summed E-state index contributed by atoms with van der Waals surface area (Å²) in [7, 11) is 0. The number of carbonyl (C=O) groups is 1. The van der Waals surface area contributed by atoms with Crippen molar-refractivity contribution in [2.75, 3.05) is 5.32 Å². The van der Waals surface area contributed by atoms with E-state index in [-0.39, 0.29) is 5.91 Å². The lowest BCUT2D eigenvalue weighted by atomic mass is 10.1. The predicted molar refractivity (Wildman–Crippen MR) is 92.6 cm³/mol. The van der Waals surface area contributed by atoms with Gasteiger partial charge in [-0.1, -0.05) is 24.3 Å². The second-order valence-corrected chi connectivity index (χ2v) is 5.50. The Kier molecular flexibility index (Phi) is 4.91. The Bertz CT molecular complexity index is 813. The van der Waals surface area contributed by atoms with Gasteiger partial charge in [0.1, 0.15) is 5.76 Å². The molecule has 3 aromatic rings. The van der Waals surface area contributed by atoms with E-state index in [9.17, 15) is 4.79 Å². The quantitative estimate of drug-likeness (QED) is 0.729. The number of hydrogen-bond donors (Lipinski definition) is 2. The van der Waals surface area contributed by atoms with Gasteiger partial charge < -0.3 is 15.1 Å². The molecular weight excluding hydrogens is 302 g/mol. The smallest absolute Gasteiger partial charge is 0.253 e. The molecule has 0 aliphatic heterocycles. The summed E-state index contributed by atoms with van der Waals surface area (Å²) in [6.45, 7) is 3.07. The molecule has 2 aromatic heterocycles. The summed E-state index contributed by atoms with van der Waals surface area (Å²) in [6.07, 6.45) is 4.87. The number of nitrogens with zero attached hydrogens (tertiary/aromatic N) is 1. The van der Waals surface area contributed by atoms with E-state index in [4.69, 9.17) is 4.42 Å². The Morgan fingerprint density at radius 3 is 2.79 bits per heavy atom. The van der Waals surface area contributed by atoms with Crippen molar-refractivity contribution in [1.82, 2.24) is 10.3 Å². The number of amides is 1. The van der Waals surface area contributed by atoms with Crippen LogP contribution >= 0.6 is 0 Å². The number of furan rings is 1. The molecule has 2 N–H and O–H groups in total. The van der Waals surface area contributed by atoms with E-state index in [0.29, 0.717) is 18.7 Å². The molecule has 24 heavy (non-hydrogen) atoms. The van der Waals surface area contributed by atoms with Gasteiger partial charge in [0.2, 0.25) is 0 Å². The van der Waals surface area contributed by atoms with E-state index in [1.54, 1.807) is 24.7 Å². The van der Waals surface area contributed by atoms with Crippen LogP contribution in [-0.4, -0.2) is 10.9 Å². The van der Waals surface area contributed by atoms with Gasteiger partial charge in [0.25, 0.3) is 5.91 Å². The van der Waals surface area contributed by atoms with Crippen LogP contribution in [0.1, 0.15) is 27.2 Å². The molecule has 1 aromatic carbocycles. The number of hydrogen-bond acceptors (Lipinski definition) is 4. The minimum absolute atomic E-state index is 0.146. The first-order valence-electron chi connectivity index (χ1n) is 7.76. The zero-order chi connectivity index (χ0) is 16.8. The molecule has 0 radical (unpaired) electrons. The van der Waals surface area contributed by atoms with E-state index >= 15 is 0 Å². The summed E-state index contributed by atoms with van der Waals surface area (Å²) in [6, 6.07) is 13.5. The number of aromatic nitrogens is 1. The molecule has 5 heteroatoms. The molecule has 0 aliphatic carbocycles. The van der Waals surface area contributed by atoms with Crippen molar-refractivity contribution in [3.05, 3.63) is 83.6 Å². The summed E-state index contributed by atoms with van der Waals surface area (Å²) >= 11 is 0. The highest BCUT2D eigenvalue weighted by Crippen LogP contribution is 2.12. The van der Waals surface area contributed by atoms with Gasteiger partial charge in [0.15, 0.2) is 0 Å². The van der Waals surface area contributed by atoms with Gasteiger partial charge in [0, 0.05) is 18.9 Å². The molecule has 0 atom stereocenters. The number of rotatable bonds is 6. The Morgan fingerprint density at radius 1 is 1.12 bits per heavy atom. The van der Waals surface area contributed by atoms with Gasteiger partial charge in [-0.15, -0.1) is 0 Å². The van der Waals surface area contributed by atoms with Gasteiger partial charge in [-0.2, -0.15) is 0 Å². The first kappa shape index (κ1) is 15.8. The third-order valence-corrected chi connectivity index (χ3v) is 3.75. The number of anilines is 1. The van der Waals surface area contributed by atoms with E-state index in [2.05, 4.69) is 15.6 Å². The first-order valence-corrected chi connectivity index (χ1v) is 7.76. The minimum Gasteiger partial charge on any atom is -0.467 e. The maximum atomic E-state index is 12.3. The number of pyridine rings is 1. The van der Waals surface area contributed by atoms with Crippen LogP contribution in [0.4, 0.5) is 5.69 Å². The third-order valence-electron chi connectivity index (χ3n) is 3.75. The molecule has 5 nitrogen and oxygen atoms in total. The molecule has 0 bridgehead atoms. The van der Waals surface area contributed by atoms with Crippen LogP contribution in [0.3, 0.4) is 0 Å². The number of nitrogens with one attached hydrogen (secondary N) is 2. The van der Waals surface area contributed by atoms with Crippen molar-refractivity contribution in [2.24, 2.45) is 0 Å². The second-order valence-electron chi connectivity index (χ2n) is 5.50. The van der Waals surface area contributed by atoms with E-state index in [0.717, 1.165) is 22.6 Å². The molecule has 122 valence electrons. The van der Waals surface area contributed by atoms with Crippen LogP contribution in [0.5, 0.6) is 0 Å². The lowest BCUT2D eigenvalue weighted by molar-refractivity contribution is 0.0950. The van der Waals surface area contributed by atoms with Crippen LogP contribution in [0, 0.1) is 6.92 Å². The Labute approximate surface area is 140 Å². The van der Waals surface area contributed by atoms with Crippen molar-refractivity contribution in [2.45, 2.75) is 20.0 Å². The Morgan fingerprint density at radius 2 is 2.00 bits per heavy atom. The fourth-order valence-corrected chi connectivity index (χ4v) is 2.35. The molecule has 0 aliphatic rings. The number of benzene rings is 1. The molecule has 0 spiro atoms. The van der Waals surface area contributed by atoms with E-state index in [1.807, 2.05) is 43.3 Å². The molecule has 0 saturated heterocycles. The average molecular weight is 321 g/mol. The molecule has 0 unspecified atom stereocenters. The first-order chi connectivity index (χ1) is 11.7. The highest BCUT2D eigenvalue weighted by atomic mass is 16.3. The van der Waals surface area contributed by atoms with Crippen LogP contribution in [0.15, 0.2) is 65.5 Å². The highest BCUT2D eigenvalue weighted by molar-refractivity contribution is 5.94. The topological polar surface area (TPSA) is 67.2 Å². The predicted octanol–water partition coefficient (Wildman–Crippen LogP) is 3.53. The summed E-state index contributed by atoms with van der Waals surface area (Å²) in [5.74, 6) is 0.678. The van der Waals surface area contributed by atoms with E-state index in [1.165, 1.54) is 0 Å². The fraction of sp³-hybridized carbons (Fsp3) is 0.158. The van der Waals surface area contributed by atoms with Gasteiger partial charge >= 0.3 is 0 Å². The minimum atomic E-state index is -0.146. The third kappa shape index (κ3) is 4.01. The maximum absolute atomic E-state index is 12.3. The zero-order valence-corrected chi connectivity index (χ0v) is 13.5. The van der Waals surface area contributed by atoms with Crippen LogP contribution in [-0.2, 0) is 13.1 Å². The van der Waals surface area contributed by atoms with E-state index < -0.39 is 0 Å². The standard InChI is InChI=1S/C19H19N3O2/c1-14-5-2-3-6-15(14)11-22-19(23)16-9-17(12-20-10-16)21-13-18-7-4-8-24-18/h2-10,12,21H,11,13H2,1H3,(H,22,23). The molecule has 1 amide bonds. The summed E-state index contributed by atoms with van der Waals surface area (Å²) < 4.78 is 5.27. The Hall–Kier alpha value is -3.08. The molecular formula is C19H19N3O2. The largest absolute Gasteiger partial charge is 0.467 e. The van der Waals surface area contributed by atoms with Crippen molar-refractivity contribution < 1.29 is 9.21 Å². The summed E-state index contributed by atoms with van der Waals surface area (Å²) in [5, 5.41) is 6.12. The van der Waals surface area contributed by atoms with Crippen molar-refractivity contribution in [3.63, 3.8) is 0 Å². The number of carbonyl (C=O) groups excluding carboxylic acids is 1. The maximum Gasteiger partial charge on any atom is 0.253 e. The van der Waals surface area contributed by atoms with Crippen molar-refractivity contribution >= 4 is 11.6 Å². The van der Waals surface area contributed by atoms with Gasteiger partial charge in [0.05, 0.1) is 24.1 Å². The number of aryl methyl sites for hydroxylation is 1. The van der Waals surface area contributed by atoms with Gasteiger partial charge in [-0.05, 0) is 36.2 Å². The summed E-state index contributed by atoms with van der Waals surface area (Å²) in [4.78, 5) is 16.4. The molecule has 0 fully saturated rings. The van der Waals surface area contributed by atoms with Crippen LogP contribution < -0.4 is 10.6 Å². The zero-order valence-electron chi connectivity index (χ0n) is 13.5. The van der Waals surface area contributed by atoms with Crippen molar-refractivity contribution in [3.8, 4) is 0 Å². The van der Waals surface area contributed by atoms with Gasteiger partial charge in [-0.3, -0.25) is 9.78 Å². The lowest BCUT2D eigenvalue weighted by Crippen LogP contribution is -2.23. The monoisotopic (exact) mass is 321 g/mol. The normalized spacial score (nSPS) is 10.4. The highest BCUT2D eigenvalue weighted by Gasteiger charge is 2.08. The lowest BCUT2D eigenvalue weighted by Gasteiger charge is -2.09. The molecule has 0 saturated carbocycles. The average Bonchev–Trinajstić information content (AvgIpc) is 3.13. The fourth-order valence-electron chi connectivity index (χ4n) is 2.35. The van der Waals surface area contributed by atoms with Crippen molar-refractivity contribution in [1.29, 1.82) is 0 Å². The molecule has 3 rings (SSSR count). The summed E-state index contributed by atoms with van der Waals surface area (Å²) in [5.41, 5.74) is 3.55. The second kappa shape index (κ2) is 7.46. The molecule has 2 heterocycles. The van der Waals surface area contributed by atoms with Crippen LogP contribution in [0.25, 0.3) is 0 Å². The Balaban J connectivity index is 1.60. The van der Waals surface area contributed by atoms with Gasteiger partial charge in [-0.25, -0.2) is 0 Å².